The van der Waals surface area contributed by atoms with E-state index >= 15 is 0 Å². The minimum atomic E-state index is -0.710. The van der Waals surface area contributed by atoms with E-state index in [1.165, 1.54) is 13.8 Å². The highest BCUT2D eigenvalue weighted by molar-refractivity contribution is 6.03. The van der Waals surface area contributed by atoms with Crippen LogP contribution in [-0.2, 0) is 0 Å². The maximum Gasteiger partial charge on any atom is 0.163 e. The minimum Gasteiger partial charge on any atom is -0.506 e. The van der Waals surface area contributed by atoms with Gasteiger partial charge in [-0.05, 0) is 26.0 Å². The number of Topliss-reactive ketones (excluding diaryl/α,β-unsaturated/α-hetero) is 2. The molecule has 0 bridgehead atoms. The van der Waals surface area contributed by atoms with Crippen molar-refractivity contribution in [2.45, 2.75) is 13.8 Å². The summed E-state index contributed by atoms with van der Waals surface area (Å²) >= 11 is 0. The fourth-order valence-corrected chi connectivity index (χ4v) is 1.14. The Balaban J connectivity index is 3.47. The molecule has 0 amide bonds. The fourth-order valence-electron chi connectivity index (χ4n) is 1.14. The summed E-state index contributed by atoms with van der Waals surface area (Å²) in [4.78, 5) is 21.9. The van der Waals surface area contributed by atoms with E-state index in [4.69, 9.17) is 0 Å². The Morgan fingerprint density at radius 1 is 1.14 bits per heavy atom. The number of aromatic hydroxyl groups is 1. The molecule has 0 saturated carbocycles. The molecule has 0 radical (unpaired) electrons. The summed E-state index contributed by atoms with van der Waals surface area (Å²) in [5, 5.41) is 9.45. The molecule has 0 atom stereocenters. The van der Waals surface area contributed by atoms with Crippen molar-refractivity contribution < 1.29 is 19.1 Å². The number of phenolic OH excluding ortho intramolecular Hbond substituents is 1. The van der Waals surface area contributed by atoms with Crippen LogP contribution in [0.1, 0.15) is 34.6 Å². The van der Waals surface area contributed by atoms with Crippen LogP contribution in [0.5, 0.6) is 5.75 Å². The maximum absolute atomic E-state index is 12.9. The van der Waals surface area contributed by atoms with E-state index in [0.717, 1.165) is 12.1 Å². The van der Waals surface area contributed by atoms with E-state index < -0.39 is 23.1 Å². The van der Waals surface area contributed by atoms with Gasteiger partial charge in [0.1, 0.15) is 11.6 Å². The van der Waals surface area contributed by atoms with E-state index in [1.54, 1.807) is 0 Å². The van der Waals surface area contributed by atoms with Crippen molar-refractivity contribution in [1.29, 1.82) is 0 Å². The van der Waals surface area contributed by atoms with Crippen molar-refractivity contribution in [1.82, 2.24) is 0 Å². The minimum absolute atomic E-state index is 0.171. The Morgan fingerprint density at radius 2 is 1.50 bits per heavy atom. The third-order valence-electron chi connectivity index (χ3n) is 1.83. The van der Waals surface area contributed by atoms with E-state index in [9.17, 15) is 19.1 Å². The largest absolute Gasteiger partial charge is 0.506 e. The number of carbonyl (C=O) groups is 2. The zero-order valence-corrected chi connectivity index (χ0v) is 7.80. The normalized spacial score (nSPS) is 9.93. The molecule has 4 heteroatoms. The predicted molar refractivity (Wildman–Crippen MR) is 48.1 cm³/mol. The lowest BCUT2D eigenvalue weighted by molar-refractivity contribution is 0.101. The van der Waals surface area contributed by atoms with Gasteiger partial charge in [0.15, 0.2) is 11.6 Å². The van der Waals surface area contributed by atoms with Gasteiger partial charge in [0, 0.05) is 0 Å². The molecule has 1 rings (SSSR count). The Morgan fingerprint density at radius 3 is 1.79 bits per heavy atom. The van der Waals surface area contributed by atoms with E-state index in [0.29, 0.717) is 0 Å². The van der Waals surface area contributed by atoms with E-state index in [-0.39, 0.29) is 11.1 Å². The molecule has 0 heterocycles. The molecule has 1 aromatic carbocycles. The summed E-state index contributed by atoms with van der Waals surface area (Å²) in [6.45, 7) is 2.39. The van der Waals surface area contributed by atoms with Gasteiger partial charge in [0.2, 0.25) is 0 Å². The van der Waals surface area contributed by atoms with Crippen LogP contribution in [0.4, 0.5) is 4.39 Å². The Bertz CT molecular complexity index is 375. The van der Waals surface area contributed by atoms with Gasteiger partial charge in [-0.3, -0.25) is 9.59 Å². The number of hydrogen-bond acceptors (Lipinski definition) is 3. The monoisotopic (exact) mass is 196 g/mol. The zero-order valence-electron chi connectivity index (χ0n) is 7.80. The quantitative estimate of drug-likeness (QED) is 0.735. The molecule has 0 saturated heterocycles. The molecule has 3 nitrogen and oxygen atoms in total. The predicted octanol–water partition coefficient (Wildman–Crippen LogP) is 1.94. The average Bonchev–Trinajstić information content (AvgIpc) is 2.07. The van der Waals surface area contributed by atoms with Crippen LogP contribution >= 0.6 is 0 Å². The lowest BCUT2D eigenvalue weighted by atomic mass is 10.0. The number of carbonyl (C=O) groups excluding carboxylic acids is 2. The first-order chi connectivity index (χ1) is 6.43. The van der Waals surface area contributed by atoms with Crippen LogP contribution in [0.15, 0.2) is 12.1 Å². The lowest BCUT2D eigenvalue weighted by Crippen LogP contribution is -2.01. The number of ketones is 2. The number of hydrogen-bond donors (Lipinski definition) is 1. The van der Waals surface area contributed by atoms with Crippen molar-refractivity contribution in [3.05, 3.63) is 29.1 Å². The molecule has 1 N–H and O–H groups in total. The molecule has 74 valence electrons. The smallest absolute Gasteiger partial charge is 0.163 e. The molecule has 0 unspecified atom stereocenters. The maximum atomic E-state index is 12.9. The van der Waals surface area contributed by atoms with E-state index in [2.05, 4.69) is 0 Å². The molecule has 14 heavy (non-hydrogen) atoms. The fraction of sp³-hybridized carbons (Fsp3) is 0.200. The van der Waals surface area contributed by atoms with Crippen molar-refractivity contribution in [3.63, 3.8) is 0 Å². The highest BCUT2D eigenvalue weighted by Crippen LogP contribution is 2.24. The first-order valence-electron chi connectivity index (χ1n) is 3.98. The van der Waals surface area contributed by atoms with Gasteiger partial charge < -0.3 is 5.11 Å². The first kappa shape index (κ1) is 10.4. The summed E-state index contributed by atoms with van der Waals surface area (Å²) in [5.74, 6) is -2.13. The van der Waals surface area contributed by atoms with Crippen molar-refractivity contribution in [3.8, 4) is 5.75 Å². The molecule has 0 spiro atoms. The second-order valence-electron chi connectivity index (χ2n) is 2.96. The molecular weight excluding hydrogens is 187 g/mol. The Hall–Kier alpha value is -1.71. The SMILES string of the molecule is CC(=O)c1cc(F)cc(C(C)=O)c1O. The summed E-state index contributed by atoms with van der Waals surface area (Å²) in [7, 11) is 0. The second kappa shape index (κ2) is 3.57. The van der Waals surface area contributed by atoms with Gasteiger partial charge in [-0.2, -0.15) is 0 Å². The summed E-state index contributed by atoms with van der Waals surface area (Å²) in [6, 6.07) is 1.81. The average molecular weight is 196 g/mol. The van der Waals surface area contributed by atoms with Crippen molar-refractivity contribution in [2.24, 2.45) is 0 Å². The van der Waals surface area contributed by atoms with Crippen LogP contribution < -0.4 is 0 Å². The van der Waals surface area contributed by atoms with Crippen molar-refractivity contribution >= 4 is 11.6 Å². The van der Waals surface area contributed by atoms with Gasteiger partial charge in [-0.25, -0.2) is 4.39 Å². The molecule has 0 fully saturated rings. The third-order valence-corrected chi connectivity index (χ3v) is 1.83. The molecular formula is C10H9FO3. The molecule has 0 aliphatic carbocycles. The first-order valence-corrected chi connectivity index (χ1v) is 3.98. The standard InChI is InChI=1S/C10H9FO3/c1-5(12)8-3-7(11)4-9(6(2)13)10(8)14/h3-4,14H,1-2H3. The number of halogens is 1. The topological polar surface area (TPSA) is 54.4 Å². The lowest BCUT2D eigenvalue weighted by Gasteiger charge is -2.05. The van der Waals surface area contributed by atoms with Gasteiger partial charge in [-0.1, -0.05) is 0 Å². The number of phenols is 1. The van der Waals surface area contributed by atoms with Crippen LogP contribution in [0.2, 0.25) is 0 Å². The highest BCUT2D eigenvalue weighted by Gasteiger charge is 2.15. The number of benzene rings is 1. The second-order valence-corrected chi connectivity index (χ2v) is 2.96. The van der Waals surface area contributed by atoms with E-state index in [1.807, 2.05) is 0 Å². The van der Waals surface area contributed by atoms with Gasteiger partial charge in [0.25, 0.3) is 0 Å². The summed E-state index contributed by atoms with van der Waals surface area (Å²) < 4.78 is 12.9. The van der Waals surface area contributed by atoms with Crippen LogP contribution in [0, 0.1) is 5.82 Å². The molecule has 1 aromatic rings. The molecule has 0 aromatic heterocycles. The molecule has 0 aliphatic rings. The van der Waals surface area contributed by atoms with Gasteiger partial charge >= 0.3 is 0 Å². The Kier molecular flexibility index (Phi) is 2.65. The highest BCUT2D eigenvalue weighted by atomic mass is 19.1. The van der Waals surface area contributed by atoms with Crippen LogP contribution in [0.25, 0.3) is 0 Å². The number of rotatable bonds is 2. The van der Waals surface area contributed by atoms with Crippen LogP contribution in [-0.4, -0.2) is 16.7 Å². The molecule has 0 aliphatic heterocycles. The van der Waals surface area contributed by atoms with Gasteiger partial charge in [0.05, 0.1) is 11.1 Å². The summed E-state index contributed by atoms with van der Waals surface area (Å²) in [6.07, 6.45) is 0. The summed E-state index contributed by atoms with van der Waals surface area (Å²) in [5.41, 5.74) is -0.342. The van der Waals surface area contributed by atoms with Gasteiger partial charge in [-0.15, -0.1) is 0 Å². The third kappa shape index (κ3) is 1.79. The Labute approximate surface area is 80.2 Å². The van der Waals surface area contributed by atoms with Crippen molar-refractivity contribution in [2.75, 3.05) is 0 Å². The zero-order chi connectivity index (χ0) is 10.9. The van der Waals surface area contributed by atoms with Crippen LogP contribution in [0.3, 0.4) is 0 Å².